The van der Waals surface area contributed by atoms with E-state index in [0.29, 0.717) is 0 Å². The van der Waals surface area contributed by atoms with E-state index in [2.05, 4.69) is 13.2 Å². The van der Waals surface area contributed by atoms with Gasteiger partial charge in [-0.2, -0.15) is 0 Å². The van der Waals surface area contributed by atoms with Gasteiger partial charge in [0, 0.05) is 7.11 Å². The first-order valence-electron chi connectivity index (χ1n) is 2.51. The normalized spacial score (nSPS) is 10.8. The van der Waals surface area contributed by atoms with Gasteiger partial charge in [0.1, 0.15) is 0 Å². The quantitative estimate of drug-likeness (QED) is 0.525. The lowest BCUT2D eigenvalue weighted by molar-refractivity contribution is 0.420. The highest BCUT2D eigenvalue weighted by Crippen LogP contribution is 2.03. The number of hydrogen-bond acceptors (Lipinski definition) is 1. The minimum Gasteiger partial charge on any atom is -0.413 e. The minimum atomic E-state index is -1.64. The molecule has 0 saturated carbocycles. The average molecular weight is 128 g/mol. The van der Waals surface area contributed by atoms with Gasteiger partial charge in [0.15, 0.2) is 0 Å². The van der Waals surface area contributed by atoms with Crippen molar-refractivity contribution < 1.29 is 4.43 Å². The Balaban J connectivity index is 3.96. The van der Waals surface area contributed by atoms with Crippen molar-refractivity contribution in [1.82, 2.24) is 0 Å². The van der Waals surface area contributed by atoms with Crippen LogP contribution >= 0.6 is 0 Å². The van der Waals surface area contributed by atoms with Crippen molar-refractivity contribution in [3.05, 3.63) is 24.6 Å². The first kappa shape index (κ1) is 7.66. The molecule has 0 unspecified atom stereocenters. The maximum atomic E-state index is 5.14. The van der Waals surface area contributed by atoms with Crippen molar-refractivity contribution in [2.75, 3.05) is 7.11 Å². The second-order valence-electron chi connectivity index (χ2n) is 1.80. The van der Waals surface area contributed by atoms with Crippen LogP contribution in [-0.4, -0.2) is 15.4 Å². The molecule has 0 saturated heterocycles. The van der Waals surface area contributed by atoms with Crippen LogP contribution in [0.2, 0.25) is 6.55 Å². The Bertz CT molecular complexity index is 90.7. The van der Waals surface area contributed by atoms with Crippen LogP contribution in [0.3, 0.4) is 0 Å². The van der Waals surface area contributed by atoms with Crippen LogP contribution in [0, 0.1) is 0 Å². The van der Waals surface area contributed by atoms with E-state index in [1.165, 1.54) is 0 Å². The summed E-state index contributed by atoms with van der Waals surface area (Å²) in [6, 6.07) is 0. The van der Waals surface area contributed by atoms with Crippen molar-refractivity contribution in [3.8, 4) is 0 Å². The van der Waals surface area contributed by atoms with Crippen LogP contribution in [0.15, 0.2) is 24.6 Å². The summed E-state index contributed by atoms with van der Waals surface area (Å²) in [7, 11) is 0.0465. The second-order valence-corrected chi connectivity index (χ2v) is 5.39. The van der Waals surface area contributed by atoms with Crippen LogP contribution in [0.5, 0.6) is 0 Å². The lowest BCUT2D eigenvalue weighted by atomic mass is 11.2. The molecule has 0 aliphatic heterocycles. The third-order valence-electron chi connectivity index (χ3n) is 1.25. The van der Waals surface area contributed by atoms with Crippen LogP contribution in [0.4, 0.5) is 0 Å². The SMILES string of the molecule is C=C[Si](C)(C=C)OC. The van der Waals surface area contributed by atoms with E-state index in [-0.39, 0.29) is 0 Å². The molecule has 0 spiro atoms. The maximum Gasteiger partial charge on any atom is 0.236 e. The minimum absolute atomic E-state index is 1.64. The smallest absolute Gasteiger partial charge is 0.236 e. The fourth-order valence-corrected chi connectivity index (χ4v) is 0.750. The first-order valence-corrected chi connectivity index (χ1v) is 5.07. The molecule has 0 fully saturated rings. The lowest BCUT2D eigenvalue weighted by Crippen LogP contribution is -2.27. The molecule has 1 nitrogen and oxygen atoms in total. The largest absolute Gasteiger partial charge is 0.413 e. The number of hydrogen-bond donors (Lipinski definition) is 0. The van der Waals surface area contributed by atoms with E-state index in [1.807, 2.05) is 17.9 Å². The van der Waals surface area contributed by atoms with E-state index in [1.54, 1.807) is 7.11 Å². The monoisotopic (exact) mass is 128 g/mol. The molecule has 0 bridgehead atoms. The highest BCUT2D eigenvalue weighted by molar-refractivity contribution is 6.82. The van der Waals surface area contributed by atoms with Crippen LogP contribution in [0.1, 0.15) is 0 Å². The van der Waals surface area contributed by atoms with Crippen molar-refractivity contribution in [3.63, 3.8) is 0 Å². The van der Waals surface area contributed by atoms with Crippen LogP contribution < -0.4 is 0 Å². The summed E-state index contributed by atoms with van der Waals surface area (Å²) in [4.78, 5) is 0. The van der Waals surface area contributed by atoms with Gasteiger partial charge in [0.25, 0.3) is 0 Å². The van der Waals surface area contributed by atoms with Crippen molar-refractivity contribution in [2.24, 2.45) is 0 Å². The Kier molecular flexibility index (Phi) is 2.72. The predicted octanol–water partition coefficient (Wildman–Crippen LogP) is 1.66. The summed E-state index contributed by atoms with van der Waals surface area (Å²) in [6.45, 7) is 9.31. The van der Waals surface area contributed by atoms with Crippen LogP contribution in [0.25, 0.3) is 0 Å². The highest BCUT2D eigenvalue weighted by atomic mass is 28.4. The summed E-state index contributed by atoms with van der Waals surface area (Å²) in [6.07, 6.45) is 0. The van der Waals surface area contributed by atoms with Gasteiger partial charge in [-0.3, -0.25) is 0 Å². The molecule has 0 amide bonds. The summed E-state index contributed by atoms with van der Waals surface area (Å²) >= 11 is 0. The summed E-state index contributed by atoms with van der Waals surface area (Å²) in [5.41, 5.74) is 3.69. The fourth-order valence-electron chi connectivity index (χ4n) is 0.250. The molecule has 0 aromatic carbocycles. The van der Waals surface area contributed by atoms with Gasteiger partial charge >= 0.3 is 0 Å². The molecular weight excluding hydrogens is 116 g/mol. The summed E-state index contributed by atoms with van der Waals surface area (Å²) in [5.74, 6) is 0. The molecular formula is C6H12OSi. The Morgan fingerprint density at radius 1 is 1.38 bits per heavy atom. The van der Waals surface area contributed by atoms with Crippen molar-refractivity contribution >= 4 is 8.32 Å². The van der Waals surface area contributed by atoms with E-state index < -0.39 is 8.32 Å². The predicted molar refractivity (Wildman–Crippen MR) is 39.0 cm³/mol. The lowest BCUT2D eigenvalue weighted by Gasteiger charge is -2.13. The number of rotatable bonds is 3. The molecule has 0 radical (unpaired) electrons. The molecule has 0 aliphatic carbocycles. The standard InChI is InChI=1S/C6H12OSi/c1-5-8(4,6-2)7-3/h5-6H,1-2H2,3-4H3. The molecule has 8 heavy (non-hydrogen) atoms. The first-order chi connectivity index (χ1) is 3.68. The molecule has 0 aliphatic rings. The van der Waals surface area contributed by atoms with Crippen LogP contribution in [-0.2, 0) is 4.43 Å². The zero-order chi connectivity index (χ0) is 6.62. The van der Waals surface area contributed by atoms with E-state index >= 15 is 0 Å². The Morgan fingerprint density at radius 2 is 1.75 bits per heavy atom. The zero-order valence-electron chi connectivity index (χ0n) is 5.48. The molecule has 2 heteroatoms. The summed E-state index contributed by atoms with van der Waals surface area (Å²) < 4.78 is 5.14. The van der Waals surface area contributed by atoms with Crippen molar-refractivity contribution in [2.45, 2.75) is 6.55 Å². The van der Waals surface area contributed by atoms with Gasteiger partial charge < -0.3 is 4.43 Å². The topological polar surface area (TPSA) is 9.23 Å². The third kappa shape index (κ3) is 1.64. The van der Waals surface area contributed by atoms with Gasteiger partial charge in [-0.25, -0.2) is 0 Å². The fraction of sp³-hybridized carbons (Fsp3) is 0.333. The Morgan fingerprint density at radius 3 is 1.75 bits per heavy atom. The Hall–Kier alpha value is -0.343. The van der Waals surface area contributed by atoms with Gasteiger partial charge in [0.2, 0.25) is 8.32 Å². The molecule has 0 N–H and O–H groups in total. The second kappa shape index (κ2) is 2.84. The Labute approximate surface area is 51.8 Å². The van der Waals surface area contributed by atoms with E-state index in [4.69, 9.17) is 4.43 Å². The highest BCUT2D eigenvalue weighted by Gasteiger charge is 2.16. The van der Waals surface area contributed by atoms with Crippen molar-refractivity contribution in [1.29, 1.82) is 0 Å². The molecule has 46 valence electrons. The zero-order valence-corrected chi connectivity index (χ0v) is 6.48. The molecule has 0 aromatic heterocycles. The van der Waals surface area contributed by atoms with Gasteiger partial charge in [-0.05, 0) is 6.55 Å². The molecule has 0 aromatic rings. The third-order valence-corrected chi connectivity index (χ3v) is 3.75. The van der Waals surface area contributed by atoms with E-state index in [0.717, 1.165) is 0 Å². The van der Waals surface area contributed by atoms with Gasteiger partial charge in [0.05, 0.1) is 0 Å². The summed E-state index contributed by atoms with van der Waals surface area (Å²) in [5, 5.41) is 0. The molecule has 0 rings (SSSR count). The van der Waals surface area contributed by atoms with Gasteiger partial charge in [-0.15, -0.1) is 13.2 Å². The maximum absolute atomic E-state index is 5.14. The van der Waals surface area contributed by atoms with Gasteiger partial charge in [-0.1, -0.05) is 11.4 Å². The molecule has 0 atom stereocenters. The van der Waals surface area contributed by atoms with E-state index in [9.17, 15) is 0 Å². The average Bonchev–Trinajstić information content (AvgIpc) is 1.87. The molecule has 0 heterocycles.